The Morgan fingerprint density at radius 1 is 1.12 bits per heavy atom. The van der Waals surface area contributed by atoms with Gasteiger partial charge in [0.1, 0.15) is 5.82 Å². The highest BCUT2D eigenvalue weighted by atomic mass is 35.5. The number of carbonyl (C=O) groups excluding carboxylic acids is 1. The molecule has 26 heavy (non-hydrogen) atoms. The van der Waals surface area contributed by atoms with Crippen molar-refractivity contribution < 1.29 is 30.8 Å². The van der Waals surface area contributed by atoms with Crippen LogP contribution in [0, 0.1) is 5.82 Å². The first-order valence-corrected chi connectivity index (χ1v) is 8.73. The van der Waals surface area contributed by atoms with Crippen molar-refractivity contribution >= 4 is 38.9 Å². The lowest BCUT2D eigenvalue weighted by molar-refractivity contribution is -0.140. The zero-order valence-electron chi connectivity index (χ0n) is 13.0. The molecule has 5 nitrogen and oxygen atoms in total. The smallest absolute Gasteiger partial charge is 0.325 e. The minimum Gasteiger partial charge on any atom is -0.325 e. The summed E-state index contributed by atoms with van der Waals surface area (Å²) in [4.78, 5) is 10.3. The summed E-state index contributed by atoms with van der Waals surface area (Å²) >= 11 is 5.86. The Bertz CT molecular complexity index is 962. The molecule has 2 N–H and O–H groups in total. The van der Waals surface area contributed by atoms with Crippen LogP contribution < -0.4 is 10.0 Å². The van der Waals surface area contributed by atoms with Crippen LogP contribution in [0.15, 0.2) is 41.3 Å². The number of carbonyl (C=O) groups is 1. The van der Waals surface area contributed by atoms with Crippen molar-refractivity contribution in [3.63, 3.8) is 0 Å². The van der Waals surface area contributed by atoms with E-state index in [0.717, 1.165) is 0 Å². The molecule has 0 radical (unpaired) electrons. The summed E-state index contributed by atoms with van der Waals surface area (Å²) in [6, 6.07) is 5.05. The van der Waals surface area contributed by atoms with Gasteiger partial charge in [-0.2, -0.15) is 13.2 Å². The van der Waals surface area contributed by atoms with Gasteiger partial charge in [0.25, 0.3) is 10.0 Å². The van der Waals surface area contributed by atoms with E-state index < -0.39 is 38.4 Å². The van der Waals surface area contributed by atoms with E-state index in [1.807, 2.05) is 4.72 Å². The molecule has 0 saturated carbocycles. The maximum atomic E-state index is 13.3. The highest BCUT2D eigenvalue weighted by molar-refractivity contribution is 7.92. The topological polar surface area (TPSA) is 75.3 Å². The van der Waals surface area contributed by atoms with Gasteiger partial charge in [-0.1, -0.05) is 11.6 Å². The molecule has 0 aliphatic heterocycles. The van der Waals surface area contributed by atoms with Crippen molar-refractivity contribution in [2.75, 3.05) is 10.0 Å². The Balaban J connectivity index is 2.39. The summed E-state index contributed by atoms with van der Waals surface area (Å²) in [5.41, 5.74) is -1.65. The molecular weight excluding hydrogens is 400 g/mol. The van der Waals surface area contributed by atoms with Gasteiger partial charge in [-0.25, -0.2) is 12.8 Å². The molecule has 0 spiro atoms. The van der Waals surface area contributed by atoms with Gasteiger partial charge in [0.15, 0.2) is 0 Å². The lowest BCUT2D eigenvalue weighted by Crippen LogP contribution is -2.16. The predicted molar refractivity (Wildman–Crippen MR) is 88.0 cm³/mol. The number of benzene rings is 2. The molecule has 0 aliphatic rings. The Morgan fingerprint density at radius 3 is 2.35 bits per heavy atom. The van der Waals surface area contributed by atoms with Crippen molar-refractivity contribution in [2.45, 2.75) is 18.0 Å². The van der Waals surface area contributed by atoms with E-state index in [9.17, 15) is 30.8 Å². The summed E-state index contributed by atoms with van der Waals surface area (Å²) in [5.74, 6) is -2.05. The van der Waals surface area contributed by atoms with Crippen LogP contribution in [0.2, 0.25) is 5.02 Å². The number of alkyl halides is 3. The maximum absolute atomic E-state index is 13.3. The van der Waals surface area contributed by atoms with E-state index in [0.29, 0.717) is 12.1 Å². The van der Waals surface area contributed by atoms with E-state index in [1.54, 1.807) is 0 Å². The summed E-state index contributed by atoms with van der Waals surface area (Å²) in [6.45, 7) is 1.21. The van der Waals surface area contributed by atoms with Crippen LogP contribution in [0.5, 0.6) is 0 Å². The SMILES string of the molecule is CC(=O)Nc1cc(NS(=O)(=O)c2ccc(F)c(C(F)(F)F)c2)ccc1Cl. The Labute approximate surface area is 151 Å². The lowest BCUT2D eigenvalue weighted by Gasteiger charge is -2.13. The predicted octanol–water partition coefficient (Wildman–Crippen LogP) is 4.26. The number of amides is 1. The standard InChI is InChI=1S/C15H11ClF4N2O3S/c1-8(23)21-14-6-9(2-4-12(14)16)22-26(24,25)10-3-5-13(17)11(7-10)15(18,19)20/h2-7,22H,1H3,(H,21,23). The highest BCUT2D eigenvalue weighted by Crippen LogP contribution is 2.33. The molecule has 0 bridgehead atoms. The van der Waals surface area contributed by atoms with Crippen LogP contribution in [-0.2, 0) is 21.0 Å². The third-order valence-electron chi connectivity index (χ3n) is 3.08. The second-order valence-corrected chi connectivity index (χ2v) is 7.21. The lowest BCUT2D eigenvalue weighted by atomic mass is 10.2. The van der Waals surface area contributed by atoms with Gasteiger partial charge in [-0.05, 0) is 36.4 Å². The van der Waals surface area contributed by atoms with Crippen LogP contribution >= 0.6 is 11.6 Å². The average Bonchev–Trinajstić information content (AvgIpc) is 2.49. The number of hydrogen-bond donors (Lipinski definition) is 2. The van der Waals surface area contributed by atoms with E-state index >= 15 is 0 Å². The molecule has 0 heterocycles. The molecule has 1 amide bonds. The number of rotatable bonds is 4. The fourth-order valence-electron chi connectivity index (χ4n) is 1.98. The summed E-state index contributed by atoms with van der Waals surface area (Å²) in [5, 5.41) is 2.50. The van der Waals surface area contributed by atoms with Gasteiger partial charge in [-0.15, -0.1) is 0 Å². The van der Waals surface area contributed by atoms with Gasteiger partial charge in [0.2, 0.25) is 5.91 Å². The molecule has 0 fully saturated rings. The second kappa shape index (κ2) is 7.12. The van der Waals surface area contributed by atoms with Gasteiger partial charge in [0.05, 0.1) is 26.9 Å². The molecule has 0 saturated heterocycles. The average molecular weight is 411 g/mol. The van der Waals surface area contributed by atoms with Gasteiger partial charge < -0.3 is 5.32 Å². The largest absolute Gasteiger partial charge is 0.419 e. The minimum absolute atomic E-state index is 0.0592. The molecule has 0 aliphatic carbocycles. The first kappa shape index (κ1) is 20.0. The molecule has 2 aromatic carbocycles. The van der Waals surface area contributed by atoms with Crippen LogP contribution in [0.1, 0.15) is 12.5 Å². The molecule has 0 atom stereocenters. The Morgan fingerprint density at radius 2 is 1.77 bits per heavy atom. The van der Waals surface area contributed by atoms with E-state index in [1.165, 1.54) is 25.1 Å². The maximum Gasteiger partial charge on any atom is 0.419 e. The van der Waals surface area contributed by atoms with Gasteiger partial charge >= 0.3 is 6.18 Å². The van der Waals surface area contributed by atoms with Gasteiger partial charge in [0, 0.05) is 6.92 Å². The van der Waals surface area contributed by atoms with Crippen molar-refractivity contribution in [3.8, 4) is 0 Å². The number of anilines is 2. The zero-order chi connectivity index (χ0) is 19.7. The highest BCUT2D eigenvalue weighted by Gasteiger charge is 2.35. The molecule has 2 aromatic rings. The fraction of sp³-hybridized carbons (Fsp3) is 0.133. The van der Waals surface area contributed by atoms with Crippen molar-refractivity contribution in [3.05, 3.63) is 52.8 Å². The normalized spacial score (nSPS) is 11.9. The second-order valence-electron chi connectivity index (χ2n) is 5.12. The molecule has 0 unspecified atom stereocenters. The van der Waals surface area contributed by atoms with Crippen LogP contribution in [0.25, 0.3) is 0 Å². The van der Waals surface area contributed by atoms with E-state index in [-0.39, 0.29) is 22.5 Å². The molecule has 2 rings (SSSR count). The Hall–Kier alpha value is -2.33. The van der Waals surface area contributed by atoms with Gasteiger partial charge in [-0.3, -0.25) is 9.52 Å². The van der Waals surface area contributed by atoms with Crippen molar-refractivity contribution in [1.29, 1.82) is 0 Å². The summed E-state index contributed by atoms with van der Waals surface area (Å²) in [6.07, 6.45) is -5.05. The number of nitrogens with one attached hydrogen (secondary N) is 2. The number of halogens is 5. The fourth-order valence-corrected chi connectivity index (χ4v) is 3.22. The van der Waals surface area contributed by atoms with Crippen LogP contribution in [-0.4, -0.2) is 14.3 Å². The summed E-state index contributed by atoms with van der Waals surface area (Å²) < 4.78 is 78.2. The third kappa shape index (κ3) is 4.64. The molecule has 11 heteroatoms. The third-order valence-corrected chi connectivity index (χ3v) is 4.79. The quantitative estimate of drug-likeness (QED) is 0.740. The van der Waals surface area contributed by atoms with Crippen molar-refractivity contribution in [2.24, 2.45) is 0 Å². The van der Waals surface area contributed by atoms with E-state index in [4.69, 9.17) is 11.6 Å². The first-order chi connectivity index (χ1) is 11.9. The van der Waals surface area contributed by atoms with Crippen molar-refractivity contribution in [1.82, 2.24) is 0 Å². The summed E-state index contributed by atoms with van der Waals surface area (Å²) in [7, 11) is -4.44. The molecular formula is C15H11ClF4N2O3S. The number of sulfonamides is 1. The first-order valence-electron chi connectivity index (χ1n) is 6.87. The van der Waals surface area contributed by atoms with Crippen LogP contribution in [0.4, 0.5) is 28.9 Å². The Kier molecular flexibility index (Phi) is 5.47. The number of hydrogen-bond acceptors (Lipinski definition) is 3. The molecule has 140 valence electrons. The van der Waals surface area contributed by atoms with Crippen LogP contribution in [0.3, 0.4) is 0 Å². The zero-order valence-corrected chi connectivity index (χ0v) is 14.6. The molecule has 0 aromatic heterocycles. The van der Waals surface area contributed by atoms with E-state index in [2.05, 4.69) is 5.32 Å². The monoisotopic (exact) mass is 410 g/mol. The minimum atomic E-state index is -5.05.